The molecule has 1 aliphatic heterocycles. The summed E-state index contributed by atoms with van der Waals surface area (Å²) in [5.74, 6) is -0.813. The Kier molecular flexibility index (Phi) is 4.78. The van der Waals surface area contributed by atoms with Crippen molar-refractivity contribution < 1.29 is 9.90 Å². The first kappa shape index (κ1) is 13.7. The first-order valence-electron chi connectivity index (χ1n) is 6.28. The number of hydrogen-bond acceptors (Lipinski definition) is 2. The molecule has 0 atom stereocenters. The molecule has 0 aliphatic carbocycles. The van der Waals surface area contributed by atoms with Crippen molar-refractivity contribution in [3.8, 4) is 0 Å². The second-order valence-electron chi connectivity index (χ2n) is 4.22. The fraction of sp³-hybridized carbons (Fsp3) is 0.0625. The predicted molar refractivity (Wildman–Crippen MR) is 80.2 cm³/mol. The van der Waals surface area contributed by atoms with Gasteiger partial charge in [0.2, 0.25) is 0 Å². The van der Waals surface area contributed by atoms with Crippen LogP contribution in [0.3, 0.4) is 0 Å². The number of benzene rings is 1. The summed E-state index contributed by atoms with van der Waals surface area (Å²) < 4.78 is 0. The lowest BCUT2D eigenvalue weighted by Gasteiger charge is -1.88. The minimum absolute atomic E-state index is 0.0503. The van der Waals surface area contributed by atoms with Gasteiger partial charge in [0.15, 0.2) is 0 Å². The van der Waals surface area contributed by atoms with Gasteiger partial charge in [0.25, 0.3) is 0 Å². The standard InChI is InChI=1S/C10H9NO2.C6H7N/c12-10(13)6-8-5-7-3-1-2-4-9(7)11-8;1-2-4-6-7-5-3-1/h1-5,11H,6H2,(H,12,13);1-7H. The minimum atomic E-state index is -0.813. The van der Waals surface area contributed by atoms with E-state index in [1.54, 1.807) is 0 Å². The van der Waals surface area contributed by atoms with Crippen molar-refractivity contribution in [1.82, 2.24) is 10.3 Å². The fourth-order valence-electron chi connectivity index (χ4n) is 1.80. The maximum absolute atomic E-state index is 10.4. The Morgan fingerprint density at radius 2 is 1.75 bits per heavy atom. The number of allylic oxidation sites excluding steroid dienone is 4. The van der Waals surface area contributed by atoms with Crippen molar-refractivity contribution >= 4 is 16.9 Å². The summed E-state index contributed by atoms with van der Waals surface area (Å²) in [6.45, 7) is 0. The zero-order chi connectivity index (χ0) is 14.2. The molecule has 1 aromatic heterocycles. The number of rotatable bonds is 2. The number of aromatic nitrogens is 1. The number of para-hydroxylation sites is 1. The van der Waals surface area contributed by atoms with E-state index in [0.717, 1.165) is 16.6 Å². The molecule has 3 rings (SSSR count). The molecule has 20 heavy (non-hydrogen) atoms. The first-order valence-corrected chi connectivity index (χ1v) is 6.28. The highest BCUT2D eigenvalue weighted by atomic mass is 16.4. The van der Waals surface area contributed by atoms with Gasteiger partial charge in [-0.3, -0.25) is 4.79 Å². The molecule has 0 fully saturated rings. The summed E-state index contributed by atoms with van der Waals surface area (Å²) in [6.07, 6.45) is 11.6. The van der Waals surface area contributed by atoms with E-state index < -0.39 is 5.97 Å². The number of aromatic amines is 1. The largest absolute Gasteiger partial charge is 0.481 e. The third-order valence-electron chi connectivity index (χ3n) is 2.65. The lowest BCUT2D eigenvalue weighted by molar-refractivity contribution is -0.136. The number of hydrogen-bond donors (Lipinski definition) is 3. The number of carbonyl (C=O) groups is 1. The lowest BCUT2D eigenvalue weighted by atomic mass is 10.2. The van der Waals surface area contributed by atoms with Crippen LogP contribution in [0.15, 0.2) is 67.0 Å². The summed E-state index contributed by atoms with van der Waals surface area (Å²) in [7, 11) is 0. The molecular formula is C16H16N2O2. The summed E-state index contributed by atoms with van der Waals surface area (Å²) >= 11 is 0. The Hall–Kier alpha value is -2.75. The van der Waals surface area contributed by atoms with Crippen LogP contribution in [0, 0.1) is 0 Å². The van der Waals surface area contributed by atoms with Gasteiger partial charge < -0.3 is 15.4 Å². The second-order valence-corrected chi connectivity index (χ2v) is 4.22. The van der Waals surface area contributed by atoms with E-state index in [-0.39, 0.29) is 6.42 Å². The van der Waals surface area contributed by atoms with E-state index in [4.69, 9.17) is 5.11 Å². The highest BCUT2D eigenvalue weighted by molar-refractivity contribution is 5.82. The molecule has 0 radical (unpaired) electrons. The van der Waals surface area contributed by atoms with Gasteiger partial charge in [0, 0.05) is 23.6 Å². The Bertz CT molecular complexity index is 619. The van der Waals surface area contributed by atoms with Crippen LogP contribution in [-0.2, 0) is 11.2 Å². The Morgan fingerprint density at radius 3 is 2.40 bits per heavy atom. The van der Waals surface area contributed by atoms with Gasteiger partial charge in [-0.1, -0.05) is 30.4 Å². The zero-order valence-corrected chi connectivity index (χ0v) is 10.9. The summed E-state index contributed by atoms with van der Waals surface area (Å²) in [4.78, 5) is 13.5. The molecule has 0 amide bonds. The van der Waals surface area contributed by atoms with Crippen molar-refractivity contribution in [2.45, 2.75) is 6.42 Å². The number of aliphatic carboxylic acids is 1. The van der Waals surface area contributed by atoms with Crippen LogP contribution >= 0.6 is 0 Å². The smallest absolute Gasteiger partial charge is 0.309 e. The van der Waals surface area contributed by atoms with Crippen LogP contribution in [0.1, 0.15) is 5.69 Å². The van der Waals surface area contributed by atoms with Crippen LogP contribution in [0.4, 0.5) is 0 Å². The van der Waals surface area contributed by atoms with Crippen molar-refractivity contribution in [3.63, 3.8) is 0 Å². The van der Waals surface area contributed by atoms with Gasteiger partial charge in [-0.05, 0) is 29.7 Å². The van der Waals surface area contributed by atoms with Crippen molar-refractivity contribution in [3.05, 3.63) is 72.7 Å². The SMILES string of the molecule is C1=CC=CNC=C1.O=C(O)Cc1cc2ccccc2[nH]1. The summed E-state index contributed by atoms with van der Waals surface area (Å²) in [5, 5.41) is 12.6. The Balaban J connectivity index is 0.000000178. The monoisotopic (exact) mass is 268 g/mol. The van der Waals surface area contributed by atoms with E-state index in [1.165, 1.54) is 0 Å². The number of carboxylic acids is 1. The maximum atomic E-state index is 10.4. The molecule has 0 bridgehead atoms. The van der Waals surface area contributed by atoms with E-state index >= 15 is 0 Å². The summed E-state index contributed by atoms with van der Waals surface area (Å²) in [6, 6.07) is 9.60. The van der Waals surface area contributed by atoms with E-state index in [0.29, 0.717) is 0 Å². The first-order chi connectivity index (χ1) is 9.75. The molecule has 0 spiro atoms. The minimum Gasteiger partial charge on any atom is -0.481 e. The number of fused-ring (bicyclic) bond motifs is 1. The van der Waals surface area contributed by atoms with Gasteiger partial charge in [0.05, 0.1) is 6.42 Å². The van der Waals surface area contributed by atoms with E-state index in [1.807, 2.05) is 67.0 Å². The van der Waals surface area contributed by atoms with Crippen LogP contribution in [0.2, 0.25) is 0 Å². The van der Waals surface area contributed by atoms with Crippen LogP contribution in [0.5, 0.6) is 0 Å². The number of nitrogens with one attached hydrogen (secondary N) is 2. The number of H-pyrrole nitrogens is 1. The zero-order valence-electron chi connectivity index (χ0n) is 10.9. The molecule has 4 nitrogen and oxygen atoms in total. The highest BCUT2D eigenvalue weighted by Gasteiger charge is 2.03. The number of carboxylic acid groups (broad SMARTS) is 1. The molecular weight excluding hydrogens is 252 g/mol. The maximum Gasteiger partial charge on any atom is 0.309 e. The molecule has 1 aromatic carbocycles. The Labute approximate surface area is 117 Å². The normalized spacial score (nSPS) is 12.4. The third-order valence-corrected chi connectivity index (χ3v) is 2.65. The van der Waals surface area contributed by atoms with Gasteiger partial charge in [-0.25, -0.2) is 0 Å². The van der Waals surface area contributed by atoms with Crippen LogP contribution < -0.4 is 5.32 Å². The van der Waals surface area contributed by atoms with Gasteiger partial charge in [-0.15, -0.1) is 0 Å². The quantitative estimate of drug-likeness (QED) is 0.784. The topological polar surface area (TPSA) is 65.1 Å². The average Bonchev–Trinajstić information content (AvgIpc) is 2.64. The Morgan fingerprint density at radius 1 is 1.05 bits per heavy atom. The van der Waals surface area contributed by atoms with Gasteiger partial charge in [-0.2, -0.15) is 0 Å². The molecule has 1 aliphatic rings. The molecule has 2 heterocycles. The third kappa shape index (κ3) is 4.17. The van der Waals surface area contributed by atoms with Gasteiger partial charge >= 0.3 is 5.97 Å². The predicted octanol–water partition coefficient (Wildman–Crippen LogP) is 2.97. The van der Waals surface area contributed by atoms with Crippen molar-refractivity contribution in [2.75, 3.05) is 0 Å². The molecule has 0 unspecified atom stereocenters. The van der Waals surface area contributed by atoms with Crippen LogP contribution in [-0.4, -0.2) is 16.1 Å². The fourth-order valence-corrected chi connectivity index (χ4v) is 1.80. The van der Waals surface area contributed by atoms with Crippen LogP contribution in [0.25, 0.3) is 10.9 Å². The molecule has 0 saturated carbocycles. The molecule has 102 valence electrons. The van der Waals surface area contributed by atoms with Gasteiger partial charge in [0.1, 0.15) is 0 Å². The van der Waals surface area contributed by atoms with Crippen molar-refractivity contribution in [2.24, 2.45) is 0 Å². The van der Waals surface area contributed by atoms with E-state index in [9.17, 15) is 4.79 Å². The highest BCUT2D eigenvalue weighted by Crippen LogP contribution is 2.14. The molecule has 4 heteroatoms. The molecule has 2 aromatic rings. The van der Waals surface area contributed by atoms with Crippen molar-refractivity contribution in [1.29, 1.82) is 0 Å². The molecule has 0 saturated heterocycles. The summed E-state index contributed by atoms with van der Waals surface area (Å²) in [5.41, 5.74) is 1.73. The second kappa shape index (κ2) is 6.99. The lowest BCUT2D eigenvalue weighted by Crippen LogP contribution is -1.99. The molecule has 3 N–H and O–H groups in total. The van der Waals surface area contributed by atoms with E-state index in [2.05, 4.69) is 10.3 Å². The average molecular weight is 268 g/mol.